The number of rotatable bonds is 4. The summed E-state index contributed by atoms with van der Waals surface area (Å²) < 4.78 is 0.977. The number of hydrogen-bond donors (Lipinski definition) is 2. The molecule has 2 N–H and O–H groups in total. The average Bonchev–Trinajstić information content (AvgIpc) is 2.12. The van der Waals surface area contributed by atoms with Gasteiger partial charge in [-0.15, -0.1) is 0 Å². The molecular weight excluding hydrogens is 292 g/mol. The Bertz CT molecular complexity index is 404. The van der Waals surface area contributed by atoms with E-state index in [1.807, 2.05) is 25.1 Å². The molecule has 0 aliphatic rings. The predicted molar refractivity (Wildman–Crippen MR) is 79.9 cm³/mol. The molecule has 18 heavy (non-hydrogen) atoms. The monoisotopic (exact) mass is 312 g/mol. The van der Waals surface area contributed by atoms with E-state index in [1.54, 1.807) is 0 Å². The van der Waals surface area contributed by atoms with Gasteiger partial charge in [0.15, 0.2) is 0 Å². The molecule has 1 amide bonds. The van der Waals surface area contributed by atoms with Gasteiger partial charge in [0, 0.05) is 28.7 Å². The summed E-state index contributed by atoms with van der Waals surface area (Å²) in [6.45, 7) is 8.94. The fourth-order valence-electron chi connectivity index (χ4n) is 1.58. The fraction of sp³-hybridized carbons (Fsp3) is 0.500. The van der Waals surface area contributed by atoms with Crippen molar-refractivity contribution in [2.24, 2.45) is 0 Å². The molecule has 100 valence electrons. The Labute approximate surface area is 117 Å². The molecular formula is C14H21BrN2O. The highest BCUT2D eigenvalue weighted by Crippen LogP contribution is 2.19. The number of aryl methyl sites for hydroxylation is 1. The molecule has 0 aromatic heterocycles. The minimum Gasteiger partial charge on any atom is -0.326 e. The number of amides is 1. The summed E-state index contributed by atoms with van der Waals surface area (Å²) in [5.74, 6) is 0.0317. The van der Waals surface area contributed by atoms with E-state index in [0.717, 1.165) is 15.7 Å². The summed E-state index contributed by atoms with van der Waals surface area (Å²) in [5.41, 5.74) is 2.00. The van der Waals surface area contributed by atoms with E-state index in [2.05, 4.69) is 47.3 Å². The first-order valence-corrected chi connectivity index (χ1v) is 6.88. The second-order valence-corrected chi connectivity index (χ2v) is 6.41. The van der Waals surface area contributed by atoms with Crippen LogP contribution in [0.2, 0.25) is 0 Å². The van der Waals surface area contributed by atoms with Gasteiger partial charge >= 0.3 is 0 Å². The minimum absolute atomic E-state index is 0.0317. The molecule has 4 heteroatoms. The van der Waals surface area contributed by atoms with E-state index in [-0.39, 0.29) is 11.4 Å². The predicted octanol–water partition coefficient (Wildman–Crippen LogP) is 3.47. The van der Waals surface area contributed by atoms with Crippen LogP contribution in [0.15, 0.2) is 22.7 Å². The highest BCUT2D eigenvalue weighted by molar-refractivity contribution is 9.10. The van der Waals surface area contributed by atoms with Crippen LogP contribution in [0.3, 0.4) is 0 Å². The quantitative estimate of drug-likeness (QED) is 0.893. The lowest BCUT2D eigenvalue weighted by atomic mass is 10.1. The lowest BCUT2D eigenvalue weighted by Gasteiger charge is -2.20. The van der Waals surface area contributed by atoms with Crippen molar-refractivity contribution >= 4 is 27.5 Å². The van der Waals surface area contributed by atoms with Crippen molar-refractivity contribution in [3.8, 4) is 0 Å². The maximum absolute atomic E-state index is 11.8. The summed E-state index contributed by atoms with van der Waals surface area (Å²) in [6, 6.07) is 5.87. The SMILES string of the molecule is Cc1cc(Br)cc(NC(=O)CCNC(C)(C)C)c1. The highest BCUT2D eigenvalue weighted by atomic mass is 79.9. The standard InChI is InChI=1S/C14H21BrN2O/c1-10-7-11(15)9-12(8-10)17-13(18)5-6-16-14(2,3)4/h7-9,16H,5-6H2,1-4H3,(H,17,18). The van der Waals surface area contributed by atoms with E-state index >= 15 is 0 Å². The Morgan fingerprint density at radius 1 is 1.28 bits per heavy atom. The zero-order valence-electron chi connectivity index (χ0n) is 11.4. The molecule has 0 fully saturated rings. The van der Waals surface area contributed by atoms with Crippen LogP contribution in [0.4, 0.5) is 5.69 Å². The third-order valence-electron chi connectivity index (χ3n) is 2.33. The second kappa shape index (κ2) is 6.34. The number of nitrogens with one attached hydrogen (secondary N) is 2. The van der Waals surface area contributed by atoms with E-state index in [0.29, 0.717) is 13.0 Å². The first kappa shape index (κ1) is 15.2. The number of carbonyl (C=O) groups is 1. The van der Waals surface area contributed by atoms with Crippen LogP contribution in [-0.2, 0) is 4.79 Å². The molecule has 1 rings (SSSR count). The molecule has 0 aliphatic carbocycles. The summed E-state index contributed by atoms with van der Waals surface area (Å²) in [7, 11) is 0. The van der Waals surface area contributed by atoms with Crippen molar-refractivity contribution in [1.29, 1.82) is 0 Å². The Kier molecular flexibility index (Phi) is 5.35. The van der Waals surface area contributed by atoms with Crippen LogP contribution in [0.5, 0.6) is 0 Å². The molecule has 0 radical (unpaired) electrons. The Morgan fingerprint density at radius 2 is 1.94 bits per heavy atom. The lowest BCUT2D eigenvalue weighted by Crippen LogP contribution is -2.37. The molecule has 0 spiro atoms. The van der Waals surface area contributed by atoms with Crippen LogP contribution in [0.25, 0.3) is 0 Å². The van der Waals surface area contributed by atoms with E-state index < -0.39 is 0 Å². The smallest absolute Gasteiger partial charge is 0.225 e. The van der Waals surface area contributed by atoms with Gasteiger partial charge in [-0.25, -0.2) is 0 Å². The minimum atomic E-state index is 0.0317. The van der Waals surface area contributed by atoms with Gasteiger partial charge in [-0.1, -0.05) is 15.9 Å². The molecule has 3 nitrogen and oxygen atoms in total. The van der Waals surface area contributed by atoms with Crippen molar-refractivity contribution in [2.45, 2.75) is 39.7 Å². The van der Waals surface area contributed by atoms with Crippen molar-refractivity contribution in [3.63, 3.8) is 0 Å². The molecule has 1 aromatic rings. The van der Waals surface area contributed by atoms with Gasteiger partial charge in [0.1, 0.15) is 0 Å². The zero-order valence-corrected chi connectivity index (χ0v) is 13.0. The molecule has 0 bridgehead atoms. The highest BCUT2D eigenvalue weighted by Gasteiger charge is 2.09. The molecule has 0 saturated heterocycles. The van der Waals surface area contributed by atoms with Crippen molar-refractivity contribution in [1.82, 2.24) is 5.32 Å². The largest absolute Gasteiger partial charge is 0.326 e. The van der Waals surface area contributed by atoms with Crippen molar-refractivity contribution < 1.29 is 4.79 Å². The zero-order chi connectivity index (χ0) is 13.8. The van der Waals surface area contributed by atoms with Crippen LogP contribution in [-0.4, -0.2) is 18.0 Å². The maximum Gasteiger partial charge on any atom is 0.225 e. The first-order valence-electron chi connectivity index (χ1n) is 6.08. The van der Waals surface area contributed by atoms with Crippen LogP contribution in [0, 0.1) is 6.92 Å². The normalized spacial score (nSPS) is 11.4. The second-order valence-electron chi connectivity index (χ2n) is 5.49. The topological polar surface area (TPSA) is 41.1 Å². The molecule has 0 atom stereocenters. The van der Waals surface area contributed by atoms with E-state index in [1.165, 1.54) is 0 Å². The molecule has 0 aliphatic heterocycles. The number of carbonyl (C=O) groups excluding carboxylic acids is 1. The number of halogens is 1. The van der Waals surface area contributed by atoms with Gasteiger partial charge in [-0.05, 0) is 51.5 Å². The Balaban J connectivity index is 2.45. The van der Waals surface area contributed by atoms with Gasteiger partial charge in [0.2, 0.25) is 5.91 Å². The summed E-state index contributed by atoms with van der Waals surface area (Å²) in [4.78, 5) is 11.8. The maximum atomic E-state index is 11.8. The average molecular weight is 313 g/mol. The molecule has 1 aromatic carbocycles. The van der Waals surface area contributed by atoms with Gasteiger partial charge in [0.05, 0.1) is 0 Å². The lowest BCUT2D eigenvalue weighted by molar-refractivity contribution is -0.116. The van der Waals surface area contributed by atoms with Gasteiger partial charge < -0.3 is 10.6 Å². The third kappa shape index (κ3) is 6.17. The van der Waals surface area contributed by atoms with Crippen LogP contribution < -0.4 is 10.6 Å². The first-order chi connectivity index (χ1) is 8.26. The van der Waals surface area contributed by atoms with Crippen LogP contribution >= 0.6 is 15.9 Å². The molecule has 0 saturated carbocycles. The summed E-state index contributed by atoms with van der Waals surface area (Å²) >= 11 is 3.42. The van der Waals surface area contributed by atoms with Crippen LogP contribution in [0.1, 0.15) is 32.8 Å². The number of benzene rings is 1. The van der Waals surface area contributed by atoms with Crippen molar-refractivity contribution in [2.75, 3.05) is 11.9 Å². The summed E-state index contributed by atoms with van der Waals surface area (Å²) in [5, 5.41) is 6.19. The van der Waals surface area contributed by atoms with Crippen molar-refractivity contribution in [3.05, 3.63) is 28.2 Å². The Morgan fingerprint density at radius 3 is 2.50 bits per heavy atom. The Hall–Kier alpha value is -0.870. The summed E-state index contributed by atoms with van der Waals surface area (Å²) in [6.07, 6.45) is 0.475. The van der Waals surface area contributed by atoms with E-state index in [4.69, 9.17) is 0 Å². The molecule has 0 unspecified atom stereocenters. The number of hydrogen-bond acceptors (Lipinski definition) is 2. The fourth-order valence-corrected chi connectivity index (χ4v) is 2.19. The van der Waals surface area contributed by atoms with Gasteiger partial charge in [0.25, 0.3) is 0 Å². The third-order valence-corrected chi connectivity index (χ3v) is 2.79. The van der Waals surface area contributed by atoms with E-state index in [9.17, 15) is 4.79 Å². The van der Waals surface area contributed by atoms with Gasteiger partial charge in [-0.2, -0.15) is 0 Å². The number of anilines is 1. The van der Waals surface area contributed by atoms with Gasteiger partial charge in [-0.3, -0.25) is 4.79 Å². The molecule has 0 heterocycles.